The van der Waals surface area contributed by atoms with Crippen LogP contribution in [0.25, 0.3) is 21.7 Å². The third-order valence-electron chi connectivity index (χ3n) is 6.05. The fraction of sp³-hybridized carbons (Fsp3) is 0.0714. The lowest BCUT2D eigenvalue weighted by Gasteiger charge is -2.14. The van der Waals surface area contributed by atoms with Crippen LogP contribution in [0.1, 0.15) is 16.8 Å². The molecule has 6 heteroatoms. The van der Waals surface area contributed by atoms with E-state index in [9.17, 15) is 4.79 Å². The molecule has 5 rings (SSSR count). The van der Waals surface area contributed by atoms with Crippen LogP contribution in [0.2, 0.25) is 0 Å². The monoisotopic (exact) mass is 447 g/mol. The molecule has 34 heavy (non-hydrogen) atoms. The smallest absolute Gasteiger partial charge is 0.230 e. The first-order valence-corrected chi connectivity index (χ1v) is 11.1. The summed E-state index contributed by atoms with van der Waals surface area (Å²) in [4.78, 5) is 12.9. The van der Waals surface area contributed by atoms with E-state index in [4.69, 9.17) is 16.9 Å². The Bertz CT molecular complexity index is 1530. The van der Waals surface area contributed by atoms with Gasteiger partial charge in [-0.2, -0.15) is 0 Å². The summed E-state index contributed by atoms with van der Waals surface area (Å²) in [5.41, 5.74) is 16.5. The van der Waals surface area contributed by atoms with E-state index in [0.29, 0.717) is 23.5 Å². The van der Waals surface area contributed by atoms with Crippen LogP contribution >= 0.6 is 0 Å². The van der Waals surface area contributed by atoms with Crippen LogP contribution < -0.4 is 16.8 Å². The molecule has 0 unspecified atom stereocenters. The van der Waals surface area contributed by atoms with Crippen molar-refractivity contribution in [3.8, 4) is 0 Å². The molecule has 0 aliphatic rings. The van der Waals surface area contributed by atoms with Crippen LogP contribution in [0.15, 0.2) is 91.0 Å². The molecule has 6 N–H and O–H groups in total. The van der Waals surface area contributed by atoms with Gasteiger partial charge >= 0.3 is 0 Å². The van der Waals surface area contributed by atoms with E-state index in [1.54, 1.807) is 24.3 Å². The Balaban J connectivity index is 1.55. The van der Waals surface area contributed by atoms with Gasteiger partial charge in [0.15, 0.2) is 0 Å². The third kappa shape index (κ3) is 4.21. The van der Waals surface area contributed by atoms with Crippen LogP contribution in [0, 0.1) is 5.41 Å². The van der Waals surface area contributed by atoms with Gasteiger partial charge in [-0.25, -0.2) is 0 Å². The first kappa shape index (κ1) is 21.3. The Kier molecular flexibility index (Phi) is 5.47. The van der Waals surface area contributed by atoms with Gasteiger partial charge in [-0.3, -0.25) is 10.2 Å². The predicted octanol–water partition coefficient (Wildman–Crippen LogP) is 4.89. The van der Waals surface area contributed by atoms with E-state index in [1.165, 1.54) is 10.8 Å². The highest BCUT2D eigenvalue weighted by molar-refractivity contribution is 5.99. The van der Waals surface area contributed by atoms with Gasteiger partial charge in [0.25, 0.3) is 0 Å². The highest BCUT2D eigenvalue weighted by atomic mass is 16.1. The first-order chi connectivity index (χ1) is 16.5. The standard InChI is InChI=1S/C28H25N5O/c29-22-10-12-23(13-11-22)32-27(34)16-24-14-19-8-9-20(28(30)31)15-26(19)33(24)17-21-6-3-5-18-4-1-2-7-25(18)21/h1-15H,16-17,29H2,(H3,30,31)(H,32,34). The van der Waals surface area contributed by atoms with Crippen molar-refractivity contribution in [2.45, 2.75) is 13.0 Å². The lowest BCUT2D eigenvalue weighted by atomic mass is 10.0. The molecule has 1 heterocycles. The van der Waals surface area contributed by atoms with Gasteiger partial charge in [-0.1, -0.05) is 54.6 Å². The number of carbonyl (C=O) groups is 1. The van der Waals surface area contributed by atoms with Crippen molar-refractivity contribution in [3.05, 3.63) is 108 Å². The Morgan fingerprint density at radius 2 is 1.65 bits per heavy atom. The molecule has 0 atom stereocenters. The summed E-state index contributed by atoms with van der Waals surface area (Å²) < 4.78 is 2.14. The molecule has 0 saturated carbocycles. The number of hydrogen-bond acceptors (Lipinski definition) is 3. The summed E-state index contributed by atoms with van der Waals surface area (Å²) in [6, 6.07) is 29.4. The number of fused-ring (bicyclic) bond motifs is 2. The van der Waals surface area contributed by atoms with Crippen LogP contribution in [0.3, 0.4) is 0 Å². The summed E-state index contributed by atoms with van der Waals surface area (Å²) >= 11 is 0. The van der Waals surface area contributed by atoms with E-state index in [2.05, 4.69) is 40.2 Å². The van der Waals surface area contributed by atoms with Crippen molar-refractivity contribution in [2.75, 3.05) is 11.1 Å². The number of amidine groups is 1. The average Bonchev–Trinajstić information content (AvgIpc) is 3.16. The molecular formula is C28H25N5O. The Labute approximate surface area is 197 Å². The molecule has 0 aliphatic heterocycles. The summed E-state index contributed by atoms with van der Waals surface area (Å²) in [7, 11) is 0. The number of hydrogen-bond donors (Lipinski definition) is 4. The molecule has 0 spiro atoms. The second-order valence-electron chi connectivity index (χ2n) is 8.39. The molecule has 0 radical (unpaired) electrons. The van der Waals surface area contributed by atoms with Crippen molar-refractivity contribution < 1.29 is 4.79 Å². The average molecular weight is 448 g/mol. The Morgan fingerprint density at radius 3 is 2.44 bits per heavy atom. The quantitative estimate of drug-likeness (QED) is 0.169. The number of nitrogens with one attached hydrogen (secondary N) is 2. The van der Waals surface area contributed by atoms with Gasteiger partial charge in [0.2, 0.25) is 5.91 Å². The lowest BCUT2D eigenvalue weighted by Crippen LogP contribution is -2.17. The molecule has 5 aromatic rings. The van der Waals surface area contributed by atoms with Crippen molar-refractivity contribution in [2.24, 2.45) is 5.73 Å². The fourth-order valence-corrected chi connectivity index (χ4v) is 4.35. The van der Waals surface area contributed by atoms with E-state index in [0.717, 1.165) is 22.2 Å². The van der Waals surface area contributed by atoms with Crippen LogP contribution in [0.5, 0.6) is 0 Å². The number of carbonyl (C=O) groups excluding carboxylic acids is 1. The van der Waals surface area contributed by atoms with Gasteiger partial charge < -0.3 is 21.4 Å². The first-order valence-electron chi connectivity index (χ1n) is 11.1. The molecule has 6 nitrogen and oxygen atoms in total. The fourth-order valence-electron chi connectivity index (χ4n) is 4.35. The zero-order chi connectivity index (χ0) is 23.7. The molecule has 4 aromatic carbocycles. The topological polar surface area (TPSA) is 110 Å². The molecule has 0 saturated heterocycles. The van der Waals surface area contributed by atoms with Crippen molar-refractivity contribution >= 4 is 44.8 Å². The second-order valence-corrected chi connectivity index (χ2v) is 8.39. The largest absolute Gasteiger partial charge is 0.399 e. The van der Waals surface area contributed by atoms with Crippen molar-refractivity contribution in [1.29, 1.82) is 5.41 Å². The maximum absolute atomic E-state index is 12.9. The van der Waals surface area contributed by atoms with Gasteiger partial charge in [0.05, 0.1) is 6.42 Å². The van der Waals surface area contributed by atoms with Crippen molar-refractivity contribution in [3.63, 3.8) is 0 Å². The summed E-state index contributed by atoms with van der Waals surface area (Å²) in [6.45, 7) is 0.594. The maximum atomic E-state index is 12.9. The Morgan fingerprint density at radius 1 is 0.882 bits per heavy atom. The maximum Gasteiger partial charge on any atom is 0.230 e. The number of nitrogen functional groups attached to an aromatic ring is 2. The molecule has 0 bridgehead atoms. The number of nitrogens with zero attached hydrogens (tertiary/aromatic N) is 1. The van der Waals surface area contributed by atoms with Crippen LogP contribution in [-0.2, 0) is 17.8 Å². The third-order valence-corrected chi connectivity index (χ3v) is 6.05. The van der Waals surface area contributed by atoms with E-state index in [-0.39, 0.29) is 18.2 Å². The highest BCUT2D eigenvalue weighted by Gasteiger charge is 2.15. The minimum Gasteiger partial charge on any atom is -0.399 e. The normalized spacial score (nSPS) is 11.1. The number of rotatable bonds is 6. The second kappa shape index (κ2) is 8.75. The number of nitrogens with two attached hydrogens (primary N) is 2. The van der Waals surface area contributed by atoms with Crippen LogP contribution in [-0.4, -0.2) is 16.3 Å². The van der Waals surface area contributed by atoms with Gasteiger partial charge in [0, 0.05) is 34.7 Å². The number of benzene rings is 4. The molecular weight excluding hydrogens is 422 g/mol. The number of amides is 1. The van der Waals surface area contributed by atoms with Gasteiger partial charge in [-0.15, -0.1) is 0 Å². The molecule has 1 aromatic heterocycles. The number of anilines is 2. The van der Waals surface area contributed by atoms with Crippen LogP contribution in [0.4, 0.5) is 11.4 Å². The van der Waals surface area contributed by atoms with Gasteiger partial charge in [-0.05, 0) is 58.1 Å². The molecule has 0 fully saturated rings. The van der Waals surface area contributed by atoms with E-state index >= 15 is 0 Å². The van der Waals surface area contributed by atoms with E-state index < -0.39 is 0 Å². The SMILES string of the molecule is N=C(N)c1ccc2cc(CC(=O)Nc3ccc(N)cc3)n(Cc3cccc4ccccc34)c2c1. The highest BCUT2D eigenvalue weighted by Crippen LogP contribution is 2.26. The Hall–Kier alpha value is -4.58. The number of aromatic nitrogens is 1. The minimum absolute atomic E-state index is 0.0162. The summed E-state index contributed by atoms with van der Waals surface area (Å²) in [5, 5.41) is 14.2. The van der Waals surface area contributed by atoms with Crippen molar-refractivity contribution in [1.82, 2.24) is 4.57 Å². The zero-order valence-corrected chi connectivity index (χ0v) is 18.6. The minimum atomic E-state index is -0.112. The predicted molar refractivity (Wildman–Crippen MR) is 139 cm³/mol. The van der Waals surface area contributed by atoms with Gasteiger partial charge in [0.1, 0.15) is 5.84 Å². The van der Waals surface area contributed by atoms with E-state index in [1.807, 2.05) is 36.4 Å². The lowest BCUT2D eigenvalue weighted by molar-refractivity contribution is -0.115. The molecule has 1 amide bonds. The zero-order valence-electron chi connectivity index (χ0n) is 18.6. The summed E-state index contributed by atoms with van der Waals surface area (Å²) in [5.74, 6) is -0.0963. The molecule has 0 aliphatic carbocycles. The summed E-state index contributed by atoms with van der Waals surface area (Å²) in [6.07, 6.45) is 0.208. The molecule has 168 valence electrons.